The smallest absolute Gasteiger partial charge is 0.410 e. The van der Waals surface area contributed by atoms with Crippen molar-refractivity contribution in [3.63, 3.8) is 0 Å². The van der Waals surface area contributed by atoms with Gasteiger partial charge < -0.3 is 15.0 Å². The number of thiazole rings is 1. The topological polar surface area (TPSA) is 100 Å². The molecule has 0 radical (unpaired) electrons. The average Bonchev–Trinajstić information content (AvgIpc) is 3.36. The maximum absolute atomic E-state index is 12.6. The lowest BCUT2D eigenvalue weighted by molar-refractivity contribution is 0.0205. The van der Waals surface area contributed by atoms with Crippen molar-refractivity contribution in [1.29, 1.82) is 0 Å². The number of aromatic nitrogens is 3. The van der Waals surface area contributed by atoms with Gasteiger partial charge in [0.2, 0.25) is 0 Å². The van der Waals surface area contributed by atoms with E-state index in [0.717, 1.165) is 28.8 Å². The largest absolute Gasteiger partial charge is 0.444 e. The van der Waals surface area contributed by atoms with Crippen molar-refractivity contribution in [3.8, 4) is 0 Å². The zero-order valence-corrected chi connectivity index (χ0v) is 18.1. The van der Waals surface area contributed by atoms with Crippen LogP contribution >= 0.6 is 11.3 Å². The first-order valence-corrected chi connectivity index (χ1v) is 10.8. The van der Waals surface area contributed by atoms with E-state index in [-0.39, 0.29) is 17.9 Å². The molecular weight excluding hydrogens is 402 g/mol. The molecule has 2 aromatic heterocycles. The number of carbonyl (C=O) groups excluding carboxylic acids is 2. The van der Waals surface area contributed by atoms with Crippen LogP contribution in [-0.4, -0.2) is 50.8 Å². The van der Waals surface area contributed by atoms with E-state index in [1.54, 1.807) is 16.5 Å². The quantitative estimate of drug-likeness (QED) is 0.646. The molecule has 1 aliphatic rings. The number of rotatable bonds is 3. The number of piperidine rings is 1. The van der Waals surface area contributed by atoms with Gasteiger partial charge in [-0.2, -0.15) is 5.10 Å². The van der Waals surface area contributed by atoms with Crippen LogP contribution in [-0.2, 0) is 4.74 Å². The minimum atomic E-state index is -0.493. The van der Waals surface area contributed by atoms with E-state index in [0.29, 0.717) is 24.5 Å². The molecule has 8 nitrogen and oxygen atoms in total. The minimum absolute atomic E-state index is 0.234. The number of hydrogen-bond acceptors (Lipinski definition) is 6. The first-order chi connectivity index (χ1) is 14.3. The summed E-state index contributed by atoms with van der Waals surface area (Å²) < 4.78 is 5.45. The fourth-order valence-corrected chi connectivity index (χ4v) is 4.40. The molecule has 30 heavy (non-hydrogen) atoms. The van der Waals surface area contributed by atoms with Crippen LogP contribution in [0.3, 0.4) is 0 Å². The van der Waals surface area contributed by atoms with Gasteiger partial charge >= 0.3 is 6.09 Å². The molecule has 9 heteroatoms. The second-order valence-electron chi connectivity index (χ2n) is 8.44. The van der Waals surface area contributed by atoms with E-state index in [1.807, 2.05) is 39.0 Å². The zero-order chi connectivity index (χ0) is 21.3. The summed E-state index contributed by atoms with van der Waals surface area (Å²) in [5.41, 5.74) is 1.47. The molecule has 3 aromatic rings. The standard InChI is InChI=1S/C21H25N5O3S/c1-21(2,3)29-20(28)26-8-6-13(7-9-26)19-24-17(12-30-19)18(27)23-15-5-4-14-11-22-25-16(14)10-15/h4-5,10-13H,6-9H2,1-3H3,(H,22,25)(H,23,27). The Kier molecular flexibility index (Phi) is 5.46. The van der Waals surface area contributed by atoms with Crippen LogP contribution in [0.2, 0.25) is 0 Å². The highest BCUT2D eigenvalue weighted by molar-refractivity contribution is 7.10. The summed E-state index contributed by atoms with van der Waals surface area (Å²) in [6.07, 6.45) is 3.09. The third kappa shape index (κ3) is 4.62. The predicted octanol–water partition coefficient (Wildman–Crippen LogP) is 4.39. The molecule has 0 spiro atoms. The van der Waals surface area contributed by atoms with Crippen molar-refractivity contribution in [2.45, 2.75) is 45.1 Å². The van der Waals surface area contributed by atoms with Gasteiger partial charge in [-0.25, -0.2) is 9.78 Å². The Hall–Kier alpha value is -2.94. The fraction of sp³-hybridized carbons (Fsp3) is 0.429. The van der Waals surface area contributed by atoms with Crippen molar-refractivity contribution in [1.82, 2.24) is 20.1 Å². The highest BCUT2D eigenvalue weighted by Gasteiger charge is 2.29. The van der Waals surface area contributed by atoms with Gasteiger partial charge in [-0.05, 0) is 51.8 Å². The first-order valence-electron chi connectivity index (χ1n) is 9.96. The van der Waals surface area contributed by atoms with Gasteiger partial charge in [-0.15, -0.1) is 11.3 Å². The van der Waals surface area contributed by atoms with Crippen molar-refractivity contribution >= 4 is 39.9 Å². The normalized spacial score (nSPS) is 15.4. The van der Waals surface area contributed by atoms with Gasteiger partial charge in [-0.3, -0.25) is 9.89 Å². The molecule has 2 amide bonds. The summed E-state index contributed by atoms with van der Waals surface area (Å²) >= 11 is 1.50. The molecule has 3 heterocycles. The third-order valence-corrected chi connectivity index (χ3v) is 5.96. The van der Waals surface area contributed by atoms with E-state index in [9.17, 15) is 9.59 Å². The number of benzene rings is 1. The Bertz CT molecular complexity index is 1060. The summed E-state index contributed by atoms with van der Waals surface area (Å²) in [6, 6.07) is 5.59. The molecule has 2 N–H and O–H groups in total. The summed E-state index contributed by atoms with van der Waals surface area (Å²) in [5.74, 6) is 0.0131. The minimum Gasteiger partial charge on any atom is -0.444 e. The van der Waals surface area contributed by atoms with Gasteiger partial charge in [0.25, 0.3) is 5.91 Å². The Morgan fingerprint density at radius 1 is 1.27 bits per heavy atom. The number of H-pyrrole nitrogens is 1. The van der Waals surface area contributed by atoms with E-state index < -0.39 is 5.60 Å². The molecule has 0 unspecified atom stereocenters. The van der Waals surface area contributed by atoms with E-state index in [2.05, 4.69) is 20.5 Å². The lowest BCUT2D eigenvalue weighted by atomic mass is 9.98. The number of fused-ring (bicyclic) bond motifs is 1. The highest BCUT2D eigenvalue weighted by Crippen LogP contribution is 2.31. The molecule has 1 saturated heterocycles. The monoisotopic (exact) mass is 427 g/mol. The molecule has 4 rings (SSSR count). The average molecular weight is 428 g/mol. The van der Waals surface area contributed by atoms with Crippen LogP contribution in [0, 0.1) is 0 Å². The Morgan fingerprint density at radius 2 is 2.03 bits per heavy atom. The Morgan fingerprint density at radius 3 is 2.77 bits per heavy atom. The maximum Gasteiger partial charge on any atom is 0.410 e. The van der Waals surface area contributed by atoms with Crippen molar-refractivity contribution in [2.75, 3.05) is 18.4 Å². The summed E-state index contributed by atoms with van der Waals surface area (Å²) in [4.78, 5) is 31.1. The van der Waals surface area contributed by atoms with Crippen LogP contribution in [0.15, 0.2) is 29.8 Å². The highest BCUT2D eigenvalue weighted by atomic mass is 32.1. The van der Waals surface area contributed by atoms with E-state index >= 15 is 0 Å². The van der Waals surface area contributed by atoms with Gasteiger partial charge in [0.1, 0.15) is 11.3 Å². The molecule has 1 fully saturated rings. The number of hydrogen-bond donors (Lipinski definition) is 2. The van der Waals surface area contributed by atoms with E-state index in [4.69, 9.17) is 4.74 Å². The van der Waals surface area contributed by atoms with Crippen LogP contribution in [0.1, 0.15) is 55.0 Å². The molecule has 1 aliphatic heterocycles. The summed E-state index contributed by atoms with van der Waals surface area (Å²) in [6.45, 7) is 6.86. The van der Waals surface area contributed by atoms with Gasteiger partial charge in [0.15, 0.2) is 0 Å². The second-order valence-corrected chi connectivity index (χ2v) is 9.33. The third-order valence-electron chi connectivity index (χ3n) is 4.95. The van der Waals surface area contributed by atoms with Crippen LogP contribution < -0.4 is 5.32 Å². The zero-order valence-electron chi connectivity index (χ0n) is 17.3. The number of likely N-dealkylation sites (tertiary alicyclic amines) is 1. The molecular formula is C21H25N5O3S. The number of carbonyl (C=O) groups is 2. The predicted molar refractivity (Wildman–Crippen MR) is 116 cm³/mol. The van der Waals surface area contributed by atoms with Gasteiger partial charge in [-0.1, -0.05) is 0 Å². The van der Waals surface area contributed by atoms with Crippen molar-refractivity contribution < 1.29 is 14.3 Å². The van der Waals surface area contributed by atoms with Crippen LogP contribution in [0.5, 0.6) is 0 Å². The molecule has 158 valence electrons. The number of nitrogens with one attached hydrogen (secondary N) is 2. The number of ether oxygens (including phenoxy) is 1. The molecule has 0 aliphatic carbocycles. The summed E-state index contributed by atoms with van der Waals surface area (Å²) in [7, 11) is 0. The fourth-order valence-electron chi connectivity index (χ4n) is 3.42. The van der Waals surface area contributed by atoms with Crippen molar-refractivity contribution in [2.24, 2.45) is 0 Å². The number of amides is 2. The summed E-state index contributed by atoms with van der Waals surface area (Å²) in [5, 5.41) is 13.5. The van der Waals surface area contributed by atoms with Crippen LogP contribution in [0.4, 0.5) is 10.5 Å². The number of aromatic amines is 1. The van der Waals surface area contributed by atoms with Gasteiger partial charge in [0.05, 0.1) is 16.7 Å². The van der Waals surface area contributed by atoms with E-state index in [1.165, 1.54) is 11.3 Å². The molecule has 0 saturated carbocycles. The maximum atomic E-state index is 12.6. The van der Waals surface area contributed by atoms with Crippen LogP contribution in [0.25, 0.3) is 10.9 Å². The second kappa shape index (κ2) is 8.06. The SMILES string of the molecule is CC(C)(C)OC(=O)N1CCC(c2nc(C(=O)Nc3ccc4cn[nH]c4c3)cs2)CC1. The molecule has 1 aromatic carbocycles. The lowest BCUT2D eigenvalue weighted by Crippen LogP contribution is -2.41. The number of nitrogens with zero attached hydrogens (tertiary/aromatic N) is 3. The lowest BCUT2D eigenvalue weighted by Gasteiger charge is -2.32. The Labute approximate surface area is 178 Å². The Balaban J connectivity index is 1.35. The molecule has 0 atom stereocenters. The van der Waals surface area contributed by atoms with Crippen molar-refractivity contribution in [3.05, 3.63) is 40.5 Å². The number of anilines is 1. The first kappa shape index (κ1) is 20.3. The molecule has 0 bridgehead atoms. The van der Waals surface area contributed by atoms with Gasteiger partial charge in [0, 0.05) is 35.5 Å².